The number of hydrogen-bond acceptors (Lipinski definition) is 7. The van der Waals surface area contributed by atoms with Crippen LogP contribution in [0.25, 0.3) is 11.1 Å². The molecule has 4 heterocycles. The lowest BCUT2D eigenvalue weighted by atomic mass is 9.91. The molecule has 1 atom stereocenters. The number of anilines is 2. The van der Waals surface area contributed by atoms with Crippen LogP contribution < -0.4 is 15.1 Å². The first kappa shape index (κ1) is 32.4. The second-order valence-electron chi connectivity index (χ2n) is 11.9. The molecule has 240 valence electrons. The fraction of sp³-hybridized carbons (Fsp3) is 0.500. The summed E-state index contributed by atoms with van der Waals surface area (Å²) in [6, 6.07) is 13.0. The summed E-state index contributed by atoms with van der Waals surface area (Å²) in [7, 11) is 0. The molecule has 5 rings (SSSR count). The number of piperidine rings is 1. The number of carbonyl (C=O) groups excluding carboxylic acids is 2. The highest BCUT2D eigenvalue weighted by atomic mass is 19.4. The average molecular weight is 623 g/mol. The topological polar surface area (TPSA) is 91.3 Å². The van der Waals surface area contributed by atoms with Crippen LogP contribution in [-0.2, 0) is 22.2 Å². The molecule has 2 fully saturated rings. The van der Waals surface area contributed by atoms with Crippen molar-refractivity contribution in [1.82, 2.24) is 20.3 Å². The maximum Gasteiger partial charge on any atom is 0.451 e. The van der Waals surface area contributed by atoms with Crippen molar-refractivity contribution in [2.24, 2.45) is 5.92 Å². The van der Waals surface area contributed by atoms with Gasteiger partial charge in [-0.3, -0.25) is 14.6 Å². The molecule has 1 amide bonds. The Kier molecular flexibility index (Phi) is 10.7. The van der Waals surface area contributed by atoms with Crippen molar-refractivity contribution in [1.29, 1.82) is 0 Å². The second-order valence-corrected chi connectivity index (χ2v) is 11.9. The number of nitrogens with one attached hydrogen (secondary N) is 1. The molecule has 11 heteroatoms. The summed E-state index contributed by atoms with van der Waals surface area (Å²) in [5.74, 6) is -0.305. The van der Waals surface area contributed by atoms with Crippen molar-refractivity contribution in [3.05, 3.63) is 66.2 Å². The molecule has 1 N–H and O–H groups in total. The van der Waals surface area contributed by atoms with Gasteiger partial charge < -0.3 is 15.1 Å². The highest BCUT2D eigenvalue weighted by molar-refractivity contribution is 5.85. The molecule has 2 aliphatic rings. The summed E-state index contributed by atoms with van der Waals surface area (Å²) < 4.78 is 41.8. The number of nitrogens with zero attached hydrogens (tertiary/aromatic N) is 5. The summed E-state index contributed by atoms with van der Waals surface area (Å²) in [5, 5.41) is 2.99. The van der Waals surface area contributed by atoms with Gasteiger partial charge in [0.25, 0.3) is 0 Å². The molecule has 45 heavy (non-hydrogen) atoms. The van der Waals surface area contributed by atoms with Crippen LogP contribution in [0.15, 0.2) is 54.9 Å². The summed E-state index contributed by atoms with van der Waals surface area (Å²) in [6.07, 6.45) is 5.27. The van der Waals surface area contributed by atoms with Gasteiger partial charge in [-0.1, -0.05) is 31.2 Å². The molecule has 2 saturated heterocycles. The van der Waals surface area contributed by atoms with Gasteiger partial charge in [-0.2, -0.15) is 13.2 Å². The number of halogens is 3. The van der Waals surface area contributed by atoms with Crippen molar-refractivity contribution in [2.45, 2.75) is 76.9 Å². The standard InChI is InChI=1S/C34H41F3N6O2/c1-2-28(44)6-3-5-24-15-21-42(22-16-24)30-23-31(41-33(40-30)34(35,36)37)43-20-4-7-29(43)32(45)39-19-12-25-8-10-26(11-9-25)27-13-17-38-18-14-27/h8-11,13-14,17-18,23-24,29H,2-7,12,15-16,19-22H2,1H3,(H,39,45)/t29-/m0/s1. The number of carbonyl (C=O) groups is 2. The first-order valence-electron chi connectivity index (χ1n) is 16.0. The first-order chi connectivity index (χ1) is 21.7. The van der Waals surface area contributed by atoms with E-state index < -0.39 is 18.0 Å². The fourth-order valence-electron chi connectivity index (χ4n) is 6.24. The number of ketones is 1. The lowest BCUT2D eigenvalue weighted by Gasteiger charge is -2.34. The summed E-state index contributed by atoms with van der Waals surface area (Å²) in [5.41, 5.74) is 3.23. The molecule has 1 aromatic carbocycles. The van der Waals surface area contributed by atoms with Crippen LogP contribution in [0.1, 0.15) is 69.7 Å². The number of amides is 1. The van der Waals surface area contributed by atoms with Crippen molar-refractivity contribution in [2.75, 3.05) is 36.0 Å². The van der Waals surface area contributed by atoms with Crippen LogP contribution in [0.4, 0.5) is 24.8 Å². The Labute approximate surface area is 262 Å². The minimum atomic E-state index is -4.71. The van der Waals surface area contributed by atoms with Crippen LogP contribution in [-0.4, -0.2) is 58.9 Å². The molecule has 0 unspecified atom stereocenters. The smallest absolute Gasteiger partial charge is 0.356 e. The molecule has 2 aliphatic heterocycles. The zero-order valence-electron chi connectivity index (χ0n) is 25.7. The molecule has 0 saturated carbocycles. The van der Waals surface area contributed by atoms with Crippen molar-refractivity contribution < 1.29 is 22.8 Å². The van der Waals surface area contributed by atoms with Gasteiger partial charge in [-0.25, -0.2) is 9.97 Å². The normalized spacial score (nSPS) is 17.5. The number of hydrogen-bond donors (Lipinski definition) is 1. The third-order valence-corrected chi connectivity index (χ3v) is 8.88. The number of pyridine rings is 1. The number of rotatable bonds is 12. The van der Waals surface area contributed by atoms with Gasteiger partial charge in [-0.15, -0.1) is 0 Å². The first-order valence-corrected chi connectivity index (χ1v) is 16.0. The van der Waals surface area contributed by atoms with E-state index in [1.165, 1.54) is 0 Å². The molecule has 0 bridgehead atoms. The van der Waals surface area contributed by atoms with E-state index in [-0.39, 0.29) is 23.3 Å². The summed E-state index contributed by atoms with van der Waals surface area (Å²) in [4.78, 5) is 40.3. The molecule has 0 radical (unpaired) electrons. The van der Waals surface area contributed by atoms with E-state index in [1.807, 2.05) is 48.2 Å². The Balaban J connectivity index is 1.20. The van der Waals surface area contributed by atoms with Gasteiger partial charge in [-0.05, 0) is 79.7 Å². The molecular formula is C34H41F3N6O2. The molecule has 0 spiro atoms. The average Bonchev–Trinajstić information content (AvgIpc) is 3.56. The summed E-state index contributed by atoms with van der Waals surface area (Å²) in [6.45, 7) is 3.92. The lowest BCUT2D eigenvalue weighted by molar-refractivity contribution is -0.144. The van der Waals surface area contributed by atoms with Crippen LogP contribution in [0.5, 0.6) is 0 Å². The minimum Gasteiger partial charge on any atom is -0.356 e. The highest BCUT2D eigenvalue weighted by Crippen LogP contribution is 2.34. The zero-order valence-corrected chi connectivity index (χ0v) is 25.7. The van der Waals surface area contributed by atoms with Crippen molar-refractivity contribution in [3.63, 3.8) is 0 Å². The Morgan fingerprint density at radius 1 is 0.933 bits per heavy atom. The van der Waals surface area contributed by atoms with E-state index in [4.69, 9.17) is 0 Å². The van der Waals surface area contributed by atoms with Gasteiger partial charge in [0, 0.05) is 57.5 Å². The number of Topliss-reactive ketones (excluding diaryl/α,β-unsaturated/α-hetero) is 1. The van der Waals surface area contributed by atoms with Crippen molar-refractivity contribution >= 4 is 23.3 Å². The van der Waals surface area contributed by atoms with Crippen molar-refractivity contribution in [3.8, 4) is 11.1 Å². The predicted molar refractivity (Wildman–Crippen MR) is 168 cm³/mol. The number of aromatic nitrogens is 3. The van der Waals surface area contributed by atoms with Gasteiger partial charge in [0.05, 0.1) is 0 Å². The van der Waals surface area contributed by atoms with E-state index in [0.717, 1.165) is 42.4 Å². The van der Waals surface area contributed by atoms with Gasteiger partial charge in [0.15, 0.2) is 0 Å². The van der Waals surface area contributed by atoms with Gasteiger partial charge in [0.2, 0.25) is 11.7 Å². The Morgan fingerprint density at radius 2 is 1.62 bits per heavy atom. The SMILES string of the molecule is CCC(=O)CCCC1CCN(c2cc(N3CCC[C@H]3C(=O)NCCc3ccc(-c4ccncc4)cc3)nc(C(F)(F)F)n2)CC1. The molecular weight excluding hydrogens is 581 g/mol. The van der Waals surface area contributed by atoms with Crippen LogP contribution in [0.2, 0.25) is 0 Å². The fourth-order valence-corrected chi connectivity index (χ4v) is 6.24. The van der Waals surface area contributed by atoms with Gasteiger partial charge in [0.1, 0.15) is 23.5 Å². The van der Waals surface area contributed by atoms with Crippen LogP contribution in [0.3, 0.4) is 0 Å². The minimum absolute atomic E-state index is 0.136. The monoisotopic (exact) mass is 622 g/mol. The second kappa shape index (κ2) is 14.8. The molecule has 8 nitrogen and oxygen atoms in total. The van der Waals surface area contributed by atoms with E-state index >= 15 is 0 Å². The van der Waals surface area contributed by atoms with E-state index in [2.05, 4.69) is 20.3 Å². The Hall–Kier alpha value is -4.02. The van der Waals surface area contributed by atoms with Crippen LogP contribution >= 0.6 is 0 Å². The summed E-state index contributed by atoms with van der Waals surface area (Å²) >= 11 is 0. The number of benzene rings is 1. The van der Waals surface area contributed by atoms with Gasteiger partial charge >= 0.3 is 6.18 Å². The molecule has 0 aliphatic carbocycles. The quantitative estimate of drug-likeness (QED) is 0.255. The molecule has 2 aromatic heterocycles. The van der Waals surface area contributed by atoms with E-state index in [1.54, 1.807) is 23.4 Å². The van der Waals surface area contributed by atoms with Crippen LogP contribution in [0, 0.1) is 5.92 Å². The maximum atomic E-state index is 13.9. The highest BCUT2D eigenvalue weighted by Gasteiger charge is 2.39. The third kappa shape index (κ3) is 8.58. The predicted octanol–water partition coefficient (Wildman–Crippen LogP) is 6.25. The Morgan fingerprint density at radius 3 is 2.31 bits per heavy atom. The number of alkyl halides is 3. The van der Waals surface area contributed by atoms with E-state index in [0.29, 0.717) is 64.2 Å². The Bertz CT molecular complexity index is 1430. The lowest BCUT2D eigenvalue weighted by Crippen LogP contribution is -2.44. The third-order valence-electron chi connectivity index (χ3n) is 8.88. The molecule has 3 aromatic rings. The van der Waals surface area contributed by atoms with E-state index in [9.17, 15) is 22.8 Å². The maximum absolute atomic E-state index is 13.9. The zero-order chi connectivity index (χ0) is 31.8. The largest absolute Gasteiger partial charge is 0.451 e.